The summed E-state index contributed by atoms with van der Waals surface area (Å²) in [5.41, 5.74) is 2.64. The van der Waals surface area contributed by atoms with E-state index in [4.69, 9.17) is 0 Å². The second kappa shape index (κ2) is 5.36. The average Bonchev–Trinajstić information content (AvgIpc) is 2.32. The lowest BCUT2D eigenvalue weighted by atomic mass is 10.0. The Morgan fingerprint density at radius 1 is 1.39 bits per heavy atom. The summed E-state index contributed by atoms with van der Waals surface area (Å²) in [6, 6.07) is 4.64. The molecule has 0 saturated carbocycles. The van der Waals surface area contributed by atoms with Crippen LogP contribution in [0.5, 0.6) is 0 Å². The van der Waals surface area contributed by atoms with Gasteiger partial charge in [-0.3, -0.25) is 0 Å². The topological polar surface area (TPSA) is 52.0 Å². The first-order chi connectivity index (χ1) is 8.60. The van der Waals surface area contributed by atoms with Gasteiger partial charge < -0.3 is 10.2 Å². The molecule has 0 aromatic carbocycles. The minimum atomic E-state index is 0.432. The van der Waals surface area contributed by atoms with E-state index >= 15 is 0 Å². The lowest BCUT2D eigenvalue weighted by Gasteiger charge is -2.30. The van der Waals surface area contributed by atoms with Crippen LogP contribution in [0.3, 0.4) is 0 Å². The first-order valence-corrected chi connectivity index (χ1v) is 6.43. The number of hydrogen-bond donors (Lipinski definition) is 1. The van der Waals surface area contributed by atoms with Gasteiger partial charge >= 0.3 is 0 Å². The Bertz CT molecular complexity index is 467. The summed E-state index contributed by atoms with van der Waals surface area (Å²) in [5.74, 6) is 0.754. The third kappa shape index (κ3) is 2.80. The van der Waals surface area contributed by atoms with Crippen molar-refractivity contribution >= 4 is 5.82 Å². The van der Waals surface area contributed by atoms with Gasteiger partial charge in [-0.2, -0.15) is 5.26 Å². The second-order valence-electron chi connectivity index (χ2n) is 5.14. The van der Waals surface area contributed by atoms with Crippen molar-refractivity contribution in [2.45, 2.75) is 32.7 Å². The van der Waals surface area contributed by atoms with Gasteiger partial charge in [-0.1, -0.05) is 0 Å². The summed E-state index contributed by atoms with van der Waals surface area (Å²) < 4.78 is 0. The van der Waals surface area contributed by atoms with Crippen LogP contribution in [-0.4, -0.2) is 36.1 Å². The molecule has 0 unspecified atom stereocenters. The number of rotatable bonds is 2. The molecule has 0 aliphatic carbocycles. The Labute approximate surface area is 109 Å². The number of likely N-dealkylation sites (tertiary alicyclic amines) is 1. The van der Waals surface area contributed by atoms with Gasteiger partial charge in [-0.25, -0.2) is 4.98 Å². The molecule has 0 atom stereocenters. The maximum atomic E-state index is 9.22. The van der Waals surface area contributed by atoms with E-state index in [1.165, 1.54) is 0 Å². The molecule has 1 aliphatic rings. The fourth-order valence-corrected chi connectivity index (χ4v) is 2.43. The molecule has 1 N–H and O–H groups in total. The monoisotopic (exact) mass is 244 g/mol. The molecule has 0 bridgehead atoms. The minimum Gasteiger partial charge on any atom is -0.366 e. The van der Waals surface area contributed by atoms with Crippen LogP contribution < -0.4 is 5.32 Å². The highest BCUT2D eigenvalue weighted by molar-refractivity contribution is 5.56. The Kier molecular flexibility index (Phi) is 3.83. The largest absolute Gasteiger partial charge is 0.366 e. The number of nitriles is 1. The van der Waals surface area contributed by atoms with E-state index in [0.717, 1.165) is 43.0 Å². The predicted octanol–water partition coefficient (Wildman–Crippen LogP) is 2.08. The van der Waals surface area contributed by atoms with Crippen molar-refractivity contribution in [3.8, 4) is 6.07 Å². The maximum absolute atomic E-state index is 9.22. The Hall–Kier alpha value is -1.60. The number of pyridine rings is 1. The molecule has 0 amide bonds. The Morgan fingerprint density at radius 3 is 2.67 bits per heavy atom. The fourth-order valence-electron chi connectivity index (χ4n) is 2.43. The number of piperidine rings is 1. The predicted molar refractivity (Wildman–Crippen MR) is 72.6 cm³/mol. The van der Waals surface area contributed by atoms with Gasteiger partial charge in [-0.05, 0) is 58.5 Å². The van der Waals surface area contributed by atoms with Crippen LogP contribution in [0, 0.1) is 25.2 Å². The van der Waals surface area contributed by atoms with Gasteiger partial charge in [0.05, 0.1) is 5.56 Å². The van der Waals surface area contributed by atoms with Crippen LogP contribution in [0.15, 0.2) is 6.07 Å². The summed E-state index contributed by atoms with van der Waals surface area (Å²) in [4.78, 5) is 6.80. The Morgan fingerprint density at radius 2 is 2.06 bits per heavy atom. The van der Waals surface area contributed by atoms with Gasteiger partial charge in [-0.15, -0.1) is 0 Å². The summed E-state index contributed by atoms with van der Waals surface area (Å²) in [6.45, 7) is 6.13. The standard InChI is InChI=1S/C14H20N4/c1-10-8-11(2)16-14(13(10)9-15)17-12-4-6-18(3)7-5-12/h8,12H,4-7H2,1-3H3,(H,16,17). The highest BCUT2D eigenvalue weighted by Crippen LogP contribution is 2.21. The average molecular weight is 244 g/mol. The lowest BCUT2D eigenvalue weighted by Crippen LogP contribution is -2.37. The van der Waals surface area contributed by atoms with Gasteiger partial charge in [0.15, 0.2) is 0 Å². The fraction of sp³-hybridized carbons (Fsp3) is 0.571. The van der Waals surface area contributed by atoms with Crippen LogP contribution >= 0.6 is 0 Å². The van der Waals surface area contributed by atoms with Gasteiger partial charge in [0.2, 0.25) is 0 Å². The van der Waals surface area contributed by atoms with Gasteiger partial charge in [0, 0.05) is 11.7 Å². The molecule has 0 spiro atoms. The molecule has 1 fully saturated rings. The first-order valence-electron chi connectivity index (χ1n) is 6.43. The zero-order chi connectivity index (χ0) is 13.1. The number of aryl methyl sites for hydroxylation is 2. The molecular weight excluding hydrogens is 224 g/mol. The van der Waals surface area contributed by atoms with Gasteiger partial charge in [0.25, 0.3) is 0 Å². The highest BCUT2D eigenvalue weighted by atomic mass is 15.1. The lowest BCUT2D eigenvalue weighted by molar-refractivity contribution is 0.263. The Balaban J connectivity index is 2.16. The zero-order valence-corrected chi connectivity index (χ0v) is 11.3. The molecular formula is C14H20N4. The highest BCUT2D eigenvalue weighted by Gasteiger charge is 2.18. The van der Waals surface area contributed by atoms with E-state index in [-0.39, 0.29) is 0 Å². The number of aromatic nitrogens is 1. The molecule has 1 aromatic heterocycles. The molecule has 1 saturated heterocycles. The molecule has 18 heavy (non-hydrogen) atoms. The van der Waals surface area contributed by atoms with Crippen LogP contribution in [0.25, 0.3) is 0 Å². The van der Waals surface area contributed by atoms with E-state index in [0.29, 0.717) is 11.6 Å². The zero-order valence-electron chi connectivity index (χ0n) is 11.3. The first kappa shape index (κ1) is 12.8. The quantitative estimate of drug-likeness (QED) is 0.865. The molecule has 96 valence electrons. The molecule has 0 radical (unpaired) electrons. The normalized spacial score (nSPS) is 17.4. The van der Waals surface area contributed by atoms with Crippen LogP contribution in [-0.2, 0) is 0 Å². The molecule has 4 heteroatoms. The third-order valence-corrected chi connectivity index (χ3v) is 3.52. The molecule has 2 rings (SSSR count). The van der Waals surface area contributed by atoms with Crippen molar-refractivity contribution < 1.29 is 0 Å². The van der Waals surface area contributed by atoms with E-state index < -0.39 is 0 Å². The van der Waals surface area contributed by atoms with Crippen molar-refractivity contribution in [1.82, 2.24) is 9.88 Å². The molecule has 1 aliphatic heterocycles. The van der Waals surface area contributed by atoms with Crippen molar-refractivity contribution in [2.75, 3.05) is 25.5 Å². The number of nitrogens with one attached hydrogen (secondary N) is 1. The van der Waals surface area contributed by atoms with Crippen molar-refractivity contribution in [2.24, 2.45) is 0 Å². The summed E-state index contributed by atoms with van der Waals surface area (Å²) >= 11 is 0. The molecule has 4 nitrogen and oxygen atoms in total. The van der Waals surface area contributed by atoms with Crippen LogP contribution in [0.1, 0.15) is 29.7 Å². The second-order valence-corrected chi connectivity index (χ2v) is 5.14. The van der Waals surface area contributed by atoms with Crippen molar-refractivity contribution in [3.63, 3.8) is 0 Å². The van der Waals surface area contributed by atoms with E-state index in [1.807, 2.05) is 19.9 Å². The van der Waals surface area contributed by atoms with E-state index in [9.17, 15) is 5.26 Å². The minimum absolute atomic E-state index is 0.432. The van der Waals surface area contributed by atoms with Crippen LogP contribution in [0.4, 0.5) is 5.82 Å². The molecule has 2 heterocycles. The smallest absolute Gasteiger partial charge is 0.144 e. The van der Waals surface area contributed by atoms with Crippen LogP contribution in [0.2, 0.25) is 0 Å². The summed E-state index contributed by atoms with van der Waals surface area (Å²) in [5, 5.41) is 12.7. The maximum Gasteiger partial charge on any atom is 0.144 e. The van der Waals surface area contributed by atoms with Crippen molar-refractivity contribution in [1.29, 1.82) is 5.26 Å². The number of hydrogen-bond acceptors (Lipinski definition) is 4. The SMILES string of the molecule is Cc1cc(C)c(C#N)c(NC2CCN(C)CC2)n1. The molecule has 1 aromatic rings. The number of nitrogens with zero attached hydrogens (tertiary/aromatic N) is 3. The van der Waals surface area contributed by atoms with E-state index in [2.05, 4.69) is 28.3 Å². The third-order valence-electron chi connectivity index (χ3n) is 3.52. The summed E-state index contributed by atoms with van der Waals surface area (Å²) in [6.07, 6.45) is 2.21. The van der Waals surface area contributed by atoms with Gasteiger partial charge in [0.1, 0.15) is 11.9 Å². The summed E-state index contributed by atoms with van der Waals surface area (Å²) in [7, 11) is 2.14. The number of anilines is 1. The van der Waals surface area contributed by atoms with Crippen molar-refractivity contribution in [3.05, 3.63) is 22.9 Å². The van der Waals surface area contributed by atoms with E-state index in [1.54, 1.807) is 0 Å².